The molecule has 0 spiro atoms. The van der Waals surface area contributed by atoms with Gasteiger partial charge in [0.2, 0.25) is 0 Å². The largest absolute Gasteiger partial charge is 0.483 e. The number of primary amides is 1. The number of para-hydroxylation sites is 1. The van der Waals surface area contributed by atoms with Crippen molar-refractivity contribution < 1.29 is 14.3 Å². The Bertz CT molecular complexity index is 988. The molecule has 1 heterocycles. The summed E-state index contributed by atoms with van der Waals surface area (Å²) >= 11 is 9.58. The van der Waals surface area contributed by atoms with E-state index in [2.05, 4.69) is 21.0 Å². The molecule has 8 heteroatoms. The van der Waals surface area contributed by atoms with Crippen molar-refractivity contribution in [2.75, 3.05) is 11.6 Å². The van der Waals surface area contributed by atoms with Crippen molar-refractivity contribution >= 4 is 56.8 Å². The molecule has 0 aliphatic carbocycles. The van der Waals surface area contributed by atoms with Crippen LogP contribution in [0, 0.1) is 0 Å². The number of anilines is 1. The predicted octanol–water partition coefficient (Wildman–Crippen LogP) is 3.77. The van der Waals surface area contributed by atoms with Gasteiger partial charge in [-0.25, -0.2) is 0 Å². The first-order valence-electron chi connectivity index (χ1n) is 7.93. The van der Waals surface area contributed by atoms with E-state index in [1.807, 2.05) is 0 Å². The number of hydrogen-bond donors (Lipinski definition) is 1. The highest BCUT2D eigenvalue weighted by molar-refractivity contribution is 9.10. The van der Waals surface area contributed by atoms with Gasteiger partial charge in [0.1, 0.15) is 5.75 Å². The zero-order valence-corrected chi connectivity index (χ0v) is 16.6. The fourth-order valence-electron chi connectivity index (χ4n) is 2.54. The van der Waals surface area contributed by atoms with E-state index in [0.29, 0.717) is 33.3 Å². The first-order valence-corrected chi connectivity index (χ1v) is 9.11. The summed E-state index contributed by atoms with van der Waals surface area (Å²) in [4.78, 5) is 23.9. The Kier molecular flexibility index (Phi) is 5.62. The molecule has 1 aliphatic rings. The third-order valence-corrected chi connectivity index (χ3v) is 4.60. The zero-order chi connectivity index (χ0) is 19.6. The van der Waals surface area contributed by atoms with Gasteiger partial charge in [-0.1, -0.05) is 39.7 Å². The van der Waals surface area contributed by atoms with E-state index in [9.17, 15) is 9.59 Å². The number of nitrogens with two attached hydrogens (primary N) is 1. The average molecular weight is 449 g/mol. The van der Waals surface area contributed by atoms with Gasteiger partial charge in [0.15, 0.2) is 6.61 Å². The summed E-state index contributed by atoms with van der Waals surface area (Å²) in [5.74, 6) is -0.459. The summed E-state index contributed by atoms with van der Waals surface area (Å²) in [6, 6.07) is 12.2. The fraction of sp³-hybridized carbons (Fsp3) is 0.105. The maximum atomic E-state index is 12.9. The summed E-state index contributed by atoms with van der Waals surface area (Å²) in [5.41, 5.74) is 7.21. The predicted molar refractivity (Wildman–Crippen MR) is 109 cm³/mol. The number of halogens is 2. The molecule has 2 N–H and O–H groups in total. The molecule has 0 unspecified atom stereocenters. The van der Waals surface area contributed by atoms with Crippen molar-refractivity contribution in [2.24, 2.45) is 10.8 Å². The maximum absolute atomic E-state index is 12.9. The van der Waals surface area contributed by atoms with Crippen molar-refractivity contribution in [3.05, 3.63) is 63.1 Å². The van der Waals surface area contributed by atoms with Gasteiger partial charge in [-0.3, -0.25) is 9.59 Å². The first-order chi connectivity index (χ1) is 12.9. The Morgan fingerprint density at radius 2 is 2.07 bits per heavy atom. The second-order valence-electron chi connectivity index (χ2n) is 5.75. The molecule has 0 atom stereocenters. The Hall–Kier alpha value is -2.64. The summed E-state index contributed by atoms with van der Waals surface area (Å²) in [6.45, 7) is 1.48. The molecule has 2 aromatic carbocycles. The Morgan fingerprint density at radius 3 is 2.78 bits per heavy atom. The number of rotatable bonds is 5. The zero-order valence-electron chi connectivity index (χ0n) is 14.3. The average Bonchev–Trinajstić information content (AvgIpc) is 2.89. The number of hydrogen-bond acceptors (Lipinski definition) is 4. The monoisotopic (exact) mass is 447 g/mol. The van der Waals surface area contributed by atoms with Crippen molar-refractivity contribution in [3.63, 3.8) is 0 Å². The van der Waals surface area contributed by atoms with Crippen LogP contribution >= 0.6 is 27.5 Å². The Morgan fingerprint density at radius 1 is 1.33 bits per heavy atom. The quantitative estimate of drug-likeness (QED) is 0.707. The van der Waals surface area contributed by atoms with Crippen LogP contribution in [0.4, 0.5) is 5.69 Å². The number of amides is 2. The molecule has 27 heavy (non-hydrogen) atoms. The molecule has 138 valence electrons. The van der Waals surface area contributed by atoms with Gasteiger partial charge in [0.05, 0.1) is 22.0 Å². The van der Waals surface area contributed by atoms with Crippen LogP contribution in [0.1, 0.15) is 12.5 Å². The van der Waals surface area contributed by atoms with E-state index in [0.717, 1.165) is 4.47 Å². The SMILES string of the molecule is CC1=NN(c2ccccc2Cl)C(=O)/C1=C/c1cc(Br)ccc1OCC(N)=O. The number of ether oxygens (including phenoxy) is 1. The molecule has 2 aromatic rings. The maximum Gasteiger partial charge on any atom is 0.280 e. The third kappa shape index (κ3) is 4.20. The number of benzene rings is 2. The molecular weight excluding hydrogens is 434 g/mol. The van der Waals surface area contributed by atoms with E-state index < -0.39 is 5.91 Å². The molecule has 0 aromatic heterocycles. The molecule has 0 radical (unpaired) electrons. The van der Waals surface area contributed by atoms with Gasteiger partial charge in [-0.05, 0) is 43.3 Å². The Labute approximate surface area is 169 Å². The molecule has 2 amide bonds. The minimum Gasteiger partial charge on any atom is -0.483 e. The first kappa shape index (κ1) is 19.1. The topological polar surface area (TPSA) is 85.0 Å². The van der Waals surface area contributed by atoms with Gasteiger partial charge in [0.25, 0.3) is 11.8 Å². The smallest absolute Gasteiger partial charge is 0.280 e. The lowest BCUT2D eigenvalue weighted by Crippen LogP contribution is -2.21. The summed E-state index contributed by atoms with van der Waals surface area (Å²) < 4.78 is 6.23. The highest BCUT2D eigenvalue weighted by Gasteiger charge is 2.30. The van der Waals surface area contributed by atoms with E-state index >= 15 is 0 Å². The van der Waals surface area contributed by atoms with Crippen molar-refractivity contribution in [3.8, 4) is 5.75 Å². The molecule has 1 aliphatic heterocycles. The lowest BCUT2D eigenvalue weighted by molar-refractivity contribution is -0.120. The van der Waals surface area contributed by atoms with Crippen LogP contribution in [-0.4, -0.2) is 24.1 Å². The van der Waals surface area contributed by atoms with Gasteiger partial charge in [-0.2, -0.15) is 10.1 Å². The molecule has 0 bridgehead atoms. The highest BCUT2D eigenvalue weighted by Crippen LogP contribution is 2.32. The molecule has 3 rings (SSSR count). The summed E-state index contributed by atoms with van der Waals surface area (Å²) in [7, 11) is 0. The number of hydrazone groups is 1. The minimum atomic E-state index is -0.587. The number of carbonyl (C=O) groups is 2. The number of carbonyl (C=O) groups excluding carboxylic acids is 2. The van der Waals surface area contributed by atoms with Gasteiger partial charge >= 0.3 is 0 Å². The van der Waals surface area contributed by atoms with E-state index in [1.54, 1.807) is 55.5 Å². The van der Waals surface area contributed by atoms with Crippen molar-refractivity contribution in [2.45, 2.75) is 6.92 Å². The molecule has 0 saturated heterocycles. The van der Waals surface area contributed by atoms with Crippen LogP contribution in [0.3, 0.4) is 0 Å². The normalized spacial score (nSPS) is 15.2. The van der Waals surface area contributed by atoms with Crippen LogP contribution in [0.15, 0.2) is 57.6 Å². The standard InChI is InChI=1S/C19H15BrClN3O3/c1-11-14(19(26)24(23-11)16-5-3-2-4-15(16)21)9-12-8-13(20)6-7-17(12)27-10-18(22)25/h2-9H,10H2,1H3,(H2,22,25)/b14-9+. The van der Waals surface area contributed by atoms with Crippen LogP contribution in [0.25, 0.3) is 6.08 Å². The summed E-state index contributed by atoms with van der Waals surface area (Å²) in [5, 5.41) is 6.02. The highest BCUT2D eigenvalue weighted by atomic mass is 79.9. The summed E-state index contributed by atoms with van der Waals surface area (Å²) in [6.07, 6.45) is 1.67. The molecule has 6 nitrogen and oxygen atoms in total. The van der Waals surface area contributed by atoms with Crippen LogP contribution in [-0.2, 0) is 9.59 Å². The molecule has 0 fully saturated rings. The van der Waals surface area contributed by atoms with Crippen LogP contribution in [0.2, 0.25) is 5.02 Å². The number of nitrogens with zero attached hydrogens (tertiary/aromatic N) is 2. The van der Waals surface area contributed by atoms with Crippen molar-refractivity contribution in [1.82, 2.24) is 0 Å². The lowest BCUT2D eigenvalue weighted by atomic mass is 10.1. The van der Waals surface area contributed by atoms with Gasteiger partial charge in [0, 0.05) is 10.0 Å². The minimum absolute atomic E-state index is 0.259. The second-order valence-corrected chi connectivity index (χ2v) is 7.07. The van der Waals surface area contributed by atoms with Gasteiger partial charge in [-0.15, -0.1) is 0 Å². The third-order valence-electron chi connectivity index (χ3n) is 3.78. The van der Waals surface area contributed by atoms with Gasteiger partial charge < -0.3 is 10.5 Å². The van der Waals surface area contributed by atoms with E-state index in [1.165, 1.54) is 5.01 Å². The fourth-order valence-corrected chi connectivity index (χ4v) is 3.13. The molecule has 0 saturated carbocycles. The molecular formula is C19H15BrClN3O3. The van der Waals surface area contributed by atoms with Crippen LogP contribution < -0.4 is 15.5 Å². The van der Waals surface area contributed by atoms with Crippen LogP contribution in [0.5, 0.6) is 5.75 Å². The Balaban J connectivity index is 1.97. The van der Waals surface area contributed by atoms with E-state index in [-0.39, 0.29) is 12.5 Å². The second kappa shape index (κ2) is 7.94. The lowest BCUT2D eigenvalue weighted by Gasteiger charge is -2.13. The van der Waals surface area contributed by atoms with E-state index in [4.69, 9.17) is 22.1 Å². The van der Waals surface area contributed by atoms with Crippen molar-refractivity contribution in [1.29, 1.82) is 0 Å².